The Bertz CT molecular complexity index is 773. The van der Waals surface area contributed by atoms with Crippen LogP contribution in [0.25, 0.3) is 0 Å². The summed E-state index contributed by atoms with van der Waals surface area (Å²) in [4.78, 5) is 25.8. The lowest BCUT2D eigenvalue weighted by atomic mass is 9.73. The molecule has 5 nitrogen and oxygen atoms in total. The third-order valence-electron chi connectivity index (χ3n) is 6.16. The molecule has 0 spiro atoms. The van der Waals surface area contributed by atoms with Gasteiger partial charge in [-0.25, -0.2) is 4.79 Å². The van der Waals surface area contributed by atoms with Gasteiger partial charge in [-0.2, -0.15) is 0 Å². The molecule has 0 saturated heterocycles. The number of aliphatic carboxylic acids is 1. The quantitative estimate of drug-likeness (QED) is 0.350. The van der Waals surface area contributed by atoms with Crippen LogP contribution in [0.2, 0.25) is 0 Å². The van der Waals surface area contributed by atoms with Gasteiger partial charge in [0.15, 0.2) is 0 Å². The molecule has 2 amide bonds. The van der Waals surface area contributed by atoms with Gasteiger partial charge in [0.2, 0.25) is 0 Å². The molecule has 174 valence electrons. The van der Waals surface area contributed by atoms with Crippen molar-refractivity contribution in [2.45, 2.75) is 65.7 Å². The minimum atomic E-state index is -0.918. The number of nitrogens with zero attached hydrogens (tertiary/aromatic N) is 1. The number of carboxylic acids is 1. The minimum Gasteiger partial charge on any atom is -0.481 e. The van der Waals surface area contributed by atoms with Gasteiger partial charge in [0.05, 0.1) is 6.42 Å². The third-order valence-corrected chi connectivity index (χ3v) is 7.98. The molecule has 0 aromatic heterocycles. The SMILES string of the molecule is CCC1=C(SCCC(C)C)C=CC([C@]2(S)NC(=O)N(CCC(=O)O)C=C2C(C)C)C1C. The highest BCUT2D eigenvalue weighted by atomic mass is 32.2. The number of thiol groups is 1. The number of nitrogens with one attached hydrogen (secondary N) is 1. The maximum absolute atomic E-state index is 12.8. The van der Waals surface area contributed by atoms with Crippen LogP contribution in [0.1, 0.15) is 60.8 Å². The van der Waals surface area contributed by atoms with Crippen LogP contribution in [0.4, 0.5) is 4.79 Å². The standard InChI is InChI=1S/C24H38N2O3S2/c1-7-18-17(6)19(8-9-21(18)31-13-11-15(2)3)24(30)20(16(4)5)14-26(23(29)25-24)12-10-22(27)28/h8-9,14-17,19,30H,7,10-13H2,1-6H3,(H,25,29)(H,27,28)/t17?,19?,24-/m1/s1. The molecule has 2 aliphatic rings. The van der Waals surface area contributed by atoms with E-state index in [4.69, 9.17) is 17.7 Å². The first-order chi connectivity index (χ1) is 14.5. The topological polar surface area (TPSA) is 69.6 Å². The summed E-state index contributed by atoms with van der Waals surface area (Å²) in [5.41, 5.74) is 2.43. The highest BCUT2D eigenvalue weighted by Crippen LogP contribution is 2.47. The number of thioether (sulfide) groups is 1. The molecule has 3 atom stereocenters. The van der Waals surface area contributed by atoms with E-state index >= 15 is 0 Å². The Labute approximate surface area is 197 Å². The molecule has 0 bridgehead atoms. The minimum absolute atomic E-state index is 0.0134. The first-order valence-electron chi connectivity index (χ1n) is 11.3. The number of rotatable bonds is 10. The summed E-state index contributed by atoms with van der Waals surface area (Å²) in [5.74, 6) is 1.29. The fourth-order valence-electron chi connectivity index (χ4n) is 4.33. The smallest absolute Gasteiger partial charge is 0.322 e. The van der Waals surface area contributed by atoms with Gasteiger partial charge in [-0.3, -0.25) is 4.79 Å². The Morgan fingerprint density at radius 3 is 2.58 bits per heavy atom. The van der Waals surface area contributed by atoms with E-state index < -0.39 is 10.8 Å². The van der Waals surface area contributed by atoms with Gasteiger partial charge in [-0.05, 0) is 41.9 Å². The average molecular weight is 467 g/mol. The zero-order valence-corrected chi connectivity index (χ0v) is 21.4. The van der Waals surface area contributed by atoms with Gasteiger partial charge >= 0.3 is 12.0 Å². The second-order valence-electron chi connectivity index (χ2n) is 9.22. The summed E-state index contributed by atoms with van der Waals surface area (Å²) < 4.78 is 0. The summed E-state index contributed by atoms with van der Waals surface area (Å²) in [5, 5.41) is 12.1. The van der Waals surface area contributed by atoms with Crippen LogP contribution in [-0.2, 0) is 4.79 Å². The number of carboxylic acid groups (broad SMARTS) is 1. The number of amides is 2. The van der Waals surface area contributed by atoms with E-state index in [2.05, 4.69) is 59.0 Å². The van der Waals surface area contributed by atoms with E-state index in [1.165, 1.54) is 21.8 Å². The van der Waals surface area contributed by atoms with Crippen LogP contribution in [0.5, 0.6) is 0 Å². The fraction of sp³-hybridized carbons (Fsp3) is 0.667. The van der Waals surface area contributed by atoms with Crippen LogP contribution < -0.4 is 5.32 Å². The normalized spacial score (nSPS) is 26.5. The number of hydrogen-bond acceptors (Lipinski definition) is 4. The molecule has 2 unspecified atom stereocenters. The molecule has 7 heteroatoms. The molecule has 0 fully saturated rings. The second kappa shape index (κ2) is 11.0. The monoisotopic (exact) mass is 466 g/mol. The maximum atomic E-state index is 12.8. The van der Waals surface area contributed by atoms with E-state index in [1.807, 2.05) is 18.0 Å². The highest BCUT2D eigenvalue weighted by molar-refractivity contribution is 8.03. The Balaban J connectivity index is 2.32. The van der Waals surface area contributed by atoms with Crippen LogP contribution in [0, 0.1) is 23.7 Å². The van der Waals surface area contributed by atoms with Crippen molar-refractivity contribution in [1.29, 1.82) is 0 Å². The second-order valence-corrected chi connectivity index (χ2v) is 11.1. The van der Waals surface area contributed by atoms with E-state index in [1.54, 1.807) is 0 Å². The molecular formula is C24H38N2O3S2. The van der Waals surface area contributed by atoms with E-state index in [-0.39, 0.29) is 36.8 Å². The fourth-order valence-corrected chi connectivity index (χ4v) is 6.55. The number of hydrogen-bond donors (Lipinski definition) is 3. The molecule has 31 heavy (non-hydrogen) atoms. The molecular weight excluding hydrogens is 428 g/mol. The van der Waals surface area contributed by atoms with Gasteiger partial charge in [-0.1, -0.05) is 59.3 Å². The molecule has 0 radical (unpaired) electrons. The van der Waals surface area contributed by atoms with Crippen molar-refractivity contribution in [3.8, 4) is 0 Å². The van der Waals surface area contributed by atoms with Crippen LogP contribution in [0.3, 0.4) is 0 Å². The van der Waals surface area contributed by atoms with Gasteiger partial charge in [0, 0.05) is 23.6 Å². The average Bonchev–Trinajstić information content (AvgIpc) is 2.66. The first-order valence-corrected chi connectivity index (χ1v) is 12.7. The predicted octanol–water partition coefficient (Wildman–Crippen LogP) is 5.92. The first kappa shape index (κ1) is 25.9. The summed E-state index contributed by atoms with van der Waals surface area (Å²) in [6.07, 6.45) is 8.31. The van der Waals surface area contributed by atoms with Crippen molar-refractivity contribution in [2.75, 3.05) is 12.3 Å². The molecule has 0 saturated carbocycles. The van der Waals surface area contributed by atoms with Crippen molar-refractivity contribution in [3.63, 3.8) is 0 Å². The van der Waals surface area contributed by atoms with Crippen molar-refractivity contribution in [3.05, 3.63) is 34.4 Å². The van der Waals surface area contributed by atoms with E-state index in [9.17, 15) is 9.59 Å². The lowest BCUT2D eigenvalue weighted by Crippen LogP contribution is -2.60. The van der Waals surface area contributed by atoms with Crippen LogP contribution in [0.15, 0.2) is 34.4 Å². The predicted molar refractivity (Wildman–Crippen MR) is 133 cm³/mol. The van der Waals surface area contributed by atoms with Gasteiger partial charge in [-0.15, -0.1) is 24.4 Å². The zero-order chi connectivity index (χ0) is 23.3. The molecule has 1 heterocycles. The molecule has 2 N–H and O–H groups in total. The molecule has 0 aromatic rings. The third kappa shape index (κ3) is 6.13. The van der Waals surface area contributed by atoms with Crippen LogP contribution in [-0.4, -0.2) is 39.2 Å². The number of carbonyl (C=O) groups excluding carboxylic acids is 1. The molecule has 1 aliphatic carbocycles. The maximum Gasteiger partial charge on any atom is 0.322 e. The molecule has 0 aromatic carbocycles. The highest BCUT2D eigenvalue weighted by Gasteiger charge is 2.47. The molecule has 1 aliphatic heterocycles. The number of carbonyl (C=O) groups is 2. The lowest BCUT2D eigenvalue weighted by Gasteiger charge is -2.48. The van der Waals surface area contributed by atoms with Crippen LogP contribution >= 0.6 is 24.4 Å². The van der Waals surface area contributed by atoms with Crippen molar-refractivity contribution >= 4 is 36.4 Å². The summed E-state index contributed by atoms with van der Waals surface area (Å²) >= 11 is 7.01. The Morgan fingerprint density at radius 1 is 1.35 bits per heavy atom. The van der Waals surface area contributed by atoms with Crippen molar-refractivity contribution < 1.29 is 14.7 Å². The van der Waals surface area contributed by atoms with Crippen molar-refractivity contribution in [1.82, 2.24) is 10.2 Å². The largest absolute Gasteiger partial charge is 0.481 e. The summed E-state index contributed by atoms with van der Waals surface area (Å²) in [6, 6.07) is -0.291. The number of allylic oxidation sites excluding steroid dienone is 2. The van der Waals surface area contributed by atoms with E-state index in [0.29, 0.717) is 5.92 Å². The zero-order valence-electron chi connectivity index (χ0n) is 19.6. The Kier molecular flexibility index (Phi) is 9.19. The van der Waals surface area contributed by atoms with Crippen molar-refractivity contribution in [2.24, 2.45) is 23.7 Å². The lowest BCUT2D eigenvalue weighted by molar-refractivity contribution is -0.137. The van der Waals surface area contributed by atoms with E-state index in [0.717, 1.165) is 17.7 Å². The molecule has 2 rings (SSSR count). The van der Waals surface area contributed by atoms with Gasteiger partial charge in [0.1, 0.15) is 4.87 Å². The Hall–Kier alpha value is -1.34. The summed E-state index contributed by atoms with van der Waals surface area (Å²) in [6.45, 7) is 13.3. The summed E-state index contributed by atoms with van der Waals surface area (Å²) in [7, 11) is 0. The number of urea groups is 1. The van der Waals surface area contributed by atoms with Gasteiger partial charge in [0.25, 0.3) is 0 Å². The Morgan fingerprint density at radius 2 is 2.03 bits per heavy atom. The van der Waals surface area contributed by atoms with Gasteiger partial charge < -0.3 is 15.3 Å².